The quantitative estimate of drug-likeness (QED) is 0.313. The van der Waals surface area contributed by atoms with E-state index >= 15 is 0 Å². The fourth-order valence-corrected chi connectivity index (χ4v) is 7.39. The van der Waals surface area contributed by atoms with Gasteiger partial charge < -0.3 is 4.43 Å². The SMILES string of the molecule is C=C1/C(=C\C=C2/CCC[C@]3(C)C(C(C)C)=CCC23)CC(C)CC1O[Si](C)(C)C(C)(C)C. The molecule has 1 nitrogen and oxygen atoms in total. The van der Waals surface area contributed by atoms with Crippen molar-refractivity contribution < 1.29 is 4.43 Å². The molecular formula is C29H48OSi. The Bertz CT molecular complexity index is 788. The first-order chi connectivity index (χ1) is 14.3. The summed E-state index contributed by atoms with van der Waals surface area (Å²) in [7, 11) is -1.80. The molecule has 3 unspecified atom stereocenters. The van der Waals surface area contributed by atoms with Gasteiger partial charge >= 0.3 is 0 Å². The third-order valence-corrected chi connectivity index (χ3v) is 13.4. The normalized spacial score (nSPS) is 35.1. The number of hydrogen-bond acceptors (Lipinski definition) is 1. The summed E-state index contributed by atoms with van der Waals surface area (Å²) in [6.45, 7) is 25.9. The van der Waals surface area contributed by atoms with Crippen LogP contribution < -0.4 is 0 Å². The highest BCUT2D eigenvalue weighted by Gasteiger charge is 2.45. The lowest BCUT2D eigenvalue weighted by Gasteiger charge is -2.43. The first-order valence-corrected chi connectivity index (χ1v) is 15.6. The van der Waals surface area contributed by atoms with Crippen LogP contribution in [0.2, 0.25) is 18.1 Å². The Morgan fingerprint density at radius 1 is 1.23 bits per heavy atom. The van der Waals surface area contributed by atoms with Gasteiger partial charge in [-0.25, -0.2) is 0 Å². The van der Waals surface area contributed by atoms with Gasteiger partial charge in [0, 0.05) is 0 Å². The number of hydrogen-bond donors (Lipinski definition) is 0. The van der Waals surface area contributed by atoms with Crippen molar-refractivity contribution >= 4 is 8.32 Å². The zero-order valence-electron chi connectivity index (χ0n) is 21.9. The molecule has 0 bridgehead atoms. The van der Waals surface area contributed by atoms with Gasteiger partial charge in [-0.3, -0.25) is 0 Å². The Morgan fingerprint density at radius 2 is 1.90 bits per heavy atom. The van der Waals surface area contributed by atoms with E-state index in [9.17, 15) is 0 Å². The molecule has 2 heteroatoms. The molecule has 2 saturated carbocycles. The van der Waals surface area contributed by atoms with Crippen LogP contribution in [-0.4, -0.2) is 14.4 Å². The average Bonchev–Trinajstić information content (AvgIpc) is 2.99. The van der Waals surface area contributed by atoms with Gasteiger partial charge in [-0.2, -0.15) is 0 Å². The molecule has 3 rings (SSSR count). The monoisotopic (exact) mass is 440 g/mol. The molecule has 31 heavy (non-hydrogen) atoms. The Balaban J connectivity index is 1.81. The summed E-state index contributed by atoms with van der Waals surface area (Å²) in [4.78, 5) is 0. The molecule has 0 aromatic rings. The van der Waals surface area contributed by atoms with Crippen molar-refractivity contribution in [1.29, 1.82) is 0 Å². The van der Waals surface area contributed by atoms with Gasteiger partial charge in [0.2, 0.25) is 0 Å². The molecule has 0 aromatic heterocycles. The van der Waals surface area contributed by atoms with E-state index in [0.29, 0.717) is 23.2 Å². The second kappa shape index (κ2) is 8.82. The van der Waals surface area contributed by atoms with Crippen molar-refractivity contribution in [2.24, 2.45) is 23.2 Å². The molecule has 3 aliphatic carbocycles. The molecule has 3 aliphatic rings. The fourth-order valence-electron chi connectivity index (χ4n) is 6.09. The van der Waals surface area contributed by atoms with Crippen molar-refractivity contribution in [3.8, 4) is 0 Å². The van der Waals surface area contributed by atoms with Crippen molar-refractivity contribution in [2.45, 2.75) is 111 Å². The van der Waals surface area contributed by atoms with Gasteiger partial charge in [-0.1, -0.05) is 84.4 Å². The Morgan fingerprint density at radius 3 is 2.52 bits per heavy atom. The molecular weight excluding hydrogens is 392 g/mol. The van der Waals surface area contributed by atoms with E-state index in [1.807, 2.05) is 0 Å². The Labute approximate surface area is 194 Å². The zero-order chi connectivity index (χ0) is 23.2. The Hall–Kier alpha value is -0.863. The van der Waals surface area contributed by atoms with Crippen molar-refractivity contribution in [2.75, 3.05) is 0 Å². The summed E-state index contributed by atoms with van der Waals surface area (Å²) in [6, 6.07) is 0. The summed E-state index contributed by atoms with van der Waals surface area (Å²) >= 11 is 0. The Kier molecular flexibility index (Phi) is 7.05. The number of allylic oxidation sites excluding steroid dienone is 5. The lowest BCUT2D eigenvalue weighted by molar-refractivity contribution is 0.174. The predicted molar refractivity (Wildman–Crippen MR) is 139 cm³/mol. The molecule has 0 spiro atoms. The molecule has 0 saturated heterocycles. The van der Waals surface area contributed by atoms with Crippen LogP contribution >= 0.6 is 0 Å². The van der Waals surface area contributed by atoms with Gasteiger partial charge in [-0.15, -0.1) is 0 Å². The molecule has 0 radical (unpaired) electrons. The average molecular weight is 441 g/mol. The maximum absolute atomic E-state index is 6.84. The van der Waals surface area contributed by atoms with Gasteiger partial charge in [0.05, 0.1) is 6.10 Å². The van der Waals surface area contributed by atoms with Crippen LogP contribution in [-0.2, 0) is 4.43 Å². The lowest BCUT2D eigenvalue weighted by Crippen LogP contribution is -2.45. The predicted octanol–water partition coefficient (Wildman–Crippen LogP) is 9.01. The molecule has 0 amide bonds. The van der Waals surface area contributed by atoms with Crippen molar-refractivity contribution in [3.05, 3.63) is 47.1 Å². The first kappa shape index (κ1) is 24.8. The van der Waals surface area contributed by atoms with E-state index in [4.69, 9.17) is 4.43 Å². The maximum Gasteiger partial charge on any atom is 0.192 e. The first-order valence-electron chi connectivity index (χ1n) is 12.7. The summed E-state index contributed by atoms with van der Waals surface area (Å²) in [5.41, 5.74) is 6.42. The minimum Gasteiger partial charge on any atom is -0.410 e. The summed E-state index contributed by atoms with van der Waals surface area (Å²) in [5.74, 6) is 2.02. The van der Waals surface area contributed by atoms with E-state index in [1.165, 1.54) is 36.8 Å². The van der Waals surface area contributed by atoms with E-state index in [0.717, 1.165) is 12.8 Å². The third kappa shape index (κ3) is 4.91. The van der Waals surface area contributed by atoms with Crippen LogP contribution in [0.1, 0.15) is 87.0 Å². The van der Waals surface area contributed by atoms with Gasteiger partial charge in [-0.05, 0) is 91.0 Å². The molecule has 174 valence electrons. The third-order valence-electron chi connectivity index (χ3n) is 8.96. The number of fused-ring (bicyclic) bond motifs is 1. The highest BCUT2D eigenvalue weighted by molar-refractivity contribution is 6.74. The van der Waals surface area contributed by atoms with Crippen LogP contribution in [0.25, 0.3) is 0 Å². The van der Waals surface area contributed by atoms with Crippen molar-refractivity contribution in [3.63, 3.8) is 0 Å². The van der Waals surface area contributed by atoms with Crippen LogP contribution in [0.3, 0.4) is 0 Å². The highest BCUT2D eigenvalue weighted by Crippen LogP contribution is 2.56. The smallest absolute Gasteiger partial charge is 0.192 e. The van der Waals surface area contributed by atoms with Gasteiger partial charge in [0.15, 0.2) is 8.32 Å². The van der Waals surface area contributed by atoms with Crippen LogP contribution in [0, 0.1) is 23.2 Å². The standard InChI is InChI=1S/C29H48OSi/c1-20(2)25-15-16-26-23(12-11-17-29(25,26)8)13-14-24-18-21(3)19-27(22(24)4)30-31(9,10)28(5,6)7/h13-15,20-21,26-27H,4,11-12,16-19H2,1-3,5-10H3/b23-13+,24-14-/t21?,26?,27?,29-/m1/s1. The molecule has 2 fully saturated rings. The molecule has 0 aliphatic heterocycles. The second-order valence-corrected chi connectivity index (χ2v) is 17.5. The molecule has 0 aromatic carbocycles. The lowest BCUT2D eigenvalue weighted by atomic mass is 9.62. The van der Waals surface area contributed by atoms with E-state index in [1.54, 1.807) is 11.1 Å². The minimum absolute atomic E-state index is 0.187. The van der Waals surface area contributed by atoms with Crippen LogP contribution in [0.4, 0.5) is 0 Å². The fraction of sp³-hybridized carbons (Fsp3) is 0.724. The molecule has 0 N–H and O–H groups in total. The minimum atomic E-state index is -1.80. The van der Waals surface area contributed by atoms with E-state index in [2.05, 4.69) is 86.4 Å². The number of rotatable bonds is 4. The summed E-state index contributed by atoms with van der Waals surface area (Å²) < 4.78 is 6.84. The maximum atomic E-state index is 6.84. The van der Waals surface area contributed by atoms with Crippen molar-refractivity contribution in [1.82, 2.24) is 0 Å². The van der Waals surface area contributed by atoms with Crippen LogP contribution in [0.15, 0.2) is 47.1 Å². The van der Waals surface area contributed by atoms with Gasteiger partial charge in [0.25, 0.3) is 0 Å². The highest BCUT2D eigenvalue weighted by atomic mass is 28.4. The zero-order valence-corrected chi connectivity index (χ0v) is 22.9. The second-order valence-electron chi connectivity index (χ2n) is 12.7. The van der Waals surface area contributed by atoms with E-state index in [-0.39, 0.29) is 11.1 Å². The summed E-state index contributed by atoms with van der Waals surface area (Å²) in [5, 5.41) is 0.232. The summed E-state index contributed by atoms with van der Waals surface area (Å²) in [6.07, 6.45) is 15.1. The van der Waals surface area contributed by atoms with E-state index < -0.39 is 8.32 Å². The topological polar surface area (TPSA) is 9.23 Å². The van der Waals surface area contributed by atoms with Crippen LogP contribution in [0.5, 0.6) is 0 Å². The largest absolute Gasteiger partial charge is 0.410 e. The van der Waals surface area contributed by atoms with Gasteiger partial charge in [0.1, 0.15) is 0 Å². The molecule has 0 heterocycles. The molecule has 4 atom stereocenters.